The monoisotopic (exact) mass is 258 g/mol. The fourth-order valence-corrected chi connectivity index (χ4v) is 2.15. The van der Waals surface area contributed by atoms with E-state index in [9.17, 15) is 0 Å². The average Bonchev–Trinajstić information content (AvgIpc) is 2.44. The van der Waals surface area contributed by atoms with Crippen LogP contribution in [0, 0.1) is 11.3 Å². The molecule has 2 heteroatoms. The number of benzene rings is 1. The second kappa shape index (κ2) is 9.58. The van der Waals surface area contributed by atoms with Crippen molar-refractivity contribution in [3.05, 3.63) is 35.4 Å². The smallest absolute Gasteiger partial charge is 0.0669 e. The van der Waals surface area contributed by atoms with Crippen molar-refractivity contribution < 1.29 is 0 Å². The molecule has 0 aliphatic rings. The lowest BCUT2D eigenvalue weighted by Crippen LogP contribution is -2.25. The molecular formula is C17H26N2. The summed E-state index contributed by atoms with van der Waals surface area (Å²) < 4.78 is 0. The molecule has 0 aliphatic heterocycles. The number of nitriles is 1. The molecule has 0 heterocycles. The van der Waals surface area contributed by atoms with Crippen LogP contribution in [0.25, 0.3) is 0 Å². The Morgan fingerprint density at radius 1 is 0.947 bits per heavy atom. The predicted molar refractivity (Wildman–Crippen MR) is 80.9 cm³/mol. The van der Waals surface area contributed by atoms with Crippen LogP contribution in [0.4, 0.5) is 0 Å². The summed E-state index contributed by atoms with van der Waals surface area (Å²) in [6, 6.07) is 10.7. The zero-order chi connectivity index (χ0) is 13.9. The normalized spacial score (nSPS) is 10.6. The Kier molecular flexibility index (Phi) is 7.93. The van der Waals surface area contributed by atoms with Crippen molar-refractivity contribution in [3.8, 4) is 6.07 Å². The van der Waals surface area contributed by atoms with Crippen LogP contribution in [0.2, 0.25) is 0 Å². The van der Waals surface area contributed by atoms with Crippen LogP contribution >= 0.6 is 0 Å². The Morgan fingerprint density at radius 2 is 1.47 bits per heavy atom. The van der Waals surface area contributed by atoms with Gasteiger partial charge in [0.05, 0.1) is 12.5 Å². The molecular weight excluding hydrogens is 232 g/mol. The van der Waals surface area contributed by atoms with Crippen LogP contribution in [0.1, 0.15) is 50.7 Å². The highest BCUT2D eigenvalue weighted by molar-refractivity contribution is 5.24. The van der Waals surface area contributed by atoms with Crippen LogP contribution in [0.3, 0.4) is 0 Å². The Hall–Kier alpha value is -1.33. The predicted octanol–water partition coefficient (Wildman–Crippen LogP) is 4.15. The first-order valence-electron chi connectivity index (χ1n) is 7.47. The maximum Gasteiger partial charge on any atom is 0.0669 e. The number of hydrogen-bond donors (Lipinski definition) is 0. The summed E-state index contributed by atoms with van der Waals surface area (Å²) in [6.45, 7) is 7.91. The quantitative estimate of drug-likeness (QED) is 0.665. The molecule has 0 unspecified atom stereocenters. The summed E-state index contributed by atoms with van der Waals surface area (Å²) >= 11 is 0. The van der Waals surface area contributed by atoms with Crippen molar-refractivity contribution in [2.75, 3.05) is 13.1 Å². The van der Waals surface area contributed by atoms with Gasteiger partial charge in [-0.3, -0.25) is 4.90 Å². The molecule has 1 rings (SSSR count). The molecule has 1 aromatic rings. The molecule has 0 amide bonds. The lowest BCUT2D eigenvalue weighted by molar-refractivity contribution is 0.257. The number of unbranched alkanes of at least 4 members (excludes halogenated alkanes) is 2. The van der Waals surface area contributed by atoms with Crippen molar-refractivity contribution in [2.45, 2.75) is 52.5 Å². The first kappa shape index (κ1) is 15.7. The minimum Gasteiger partial charge on any atom is -0.299 e. The third-order valence-electron chi connectivity index (χ3n) is 3.37. The molecule has 104 valence electrons. The van der Waals surface area contributed by atoms with Gasteiger partial charge in [-0.15, -0.1) is 0 Å². The van der Waals surface area contributed by atoms with Crippen LogP contribution in [0.5, 0.6) is 0 Å². The van der Waals surface area contributed by atoms with Gasteiger partial charge in [-0.25, -0.2) is 0 Å². The van der Waals surface area contributed by atoms with E-state index in [4.69, 9.17) is 5.26 Å². The van der Waals surface area contributed by atoms with Gasteiger partial charge in [-0.2, -0.15) is 5.26 Å². The molecule has 0 aromatic heterocycles. The van der Waals surface area contributed by atoms with Gasteiger partial charge in [0, 0.05) is 6.54 Å². The van der Waals surface area contributed by atoms with Gasteiger partial charge in [0.2, 0.25) is 0 Å². The van der Waals surface area contributed by atoms with Gasteiger partial charge in [0.25, 0.3) is 0 Å². The van der Waals surface area contributed by atoms with E-state index >= 15 is 0 Å². The Bertz CT molecular complexity index is 367. The van der Waals surface area contributed by atoms with Gasteiger partial charge in [-0.05, 0) is 37.1 Å². The number of rotatable bonds is 9. The number of nitrogens with zero attached hydrogens (tertiary/aromatic N) is 2. The van der Waals surface area contributed by atoms with Gasteiger partial charge >= 0.3 is 0 Å². The van der Waals surface area contributed by atoms with Gasteiger partial charge in [-0.1, -0.05) is 51.0 Å². The maximum atomic E-state index is 8.67. The molecule has 0 saturated carbocycles. The SMILES string of the molecule is CCCCN(CCCC)Cc1ccc(CC#N)cc1. The van der Waals surface area contributed by atoms with Crippen molar-refractivity contribution in [1.82, 2.24) is 4.90 Å². The molecule has 19 heavy (non-hydrogen) atoms. The Morgan fingerprint density at radius 3 is 1.95 bits per heavy atom. The molecule has 0 spiro atoms. The average molecular weight is 258 g/mol. The lowest BCUT2D eigenvalue weighted by Gasteiger charge is -2.22. The molecule has 0 aliphatic carbocycles. The molecule has 0 saturated heterocycles. The maximum absolute atomic E-state index is 8.67. The minimum absolute atomic E-state index is 0.510. The van der Waals surface area contributed by atoms with Crippen molar-refractivity contribution >= 4 is 0 Å². The van der Waals surface area contributed by atoms with Crippen molar-refractivity contribution in [3.63, 3.8) is 0 Å². The second-order valence-corrected chi connectivity index (χ2v) is 5.13. The first-order chi connectivity index (χ1) is 9.30. The Labute approximate surface area is 118 Å². The van der Waals surface area contributed by atoms with E-state index in [1.807, 2.05) is 0 Å². The molecule has 0 bridgehead atoms. The summed E-state index contributed by atoms with van der Waals surface area (Å²) in [5, 5.41) is 8.67. The van der Waals surface area contributed by atoms with Crippen LogP contribution in [0.15, 0.2) is 24.3 Å². The lowest BCUT2D eigenvalue weighted by atomic mass is 10.1. The molecule has 0 fully saturated rings. The fraction of sp³-hybridized carbons (Fsp3) is 0.588. The standard InChI is InChI=1S/C17H26N2/c1-3-5-13-19(14-6-4-2)15-17-9-7-16(8-10-17)11-12-18/h7-10H,3-6,11,13-15H2,1-2H3. The van der Waals surface area contributed by atoms with E-state index in [1.54, 1.807) is 0 Å². The summed E-state index contributed by atoms with van der Waals surface area (Å²) in [5.74, 6) is 0. The summed E-state index contributed by atoms with van der Waals surface area (Å²) in [7, 11) is 0. The summed E-state index contributed by atoms with van der Waals surface area (Å²) in [4.78, 5) is 2.55. The molecule has 0 N–H and O–H groups in total. The van der Waals surface area contributed by atoms with E-state index < -0.39 is 0 Å². The summed E-state index contributed by atoms with van der Waals surface area (Å²) in [6.07, 6.45) is 5.57. The highest BCUT2D eigenvalue weighted by atomic mass is 15.1. The second-order valence-electron chi connectivity index (χ2n) is 5.13. The number of hydrogen-bond acceptors (Lipinski definition) is 2. The van der Waals surface area contributed by atoms with E-state index in [0.29, 0.717) is 6.42 Å². The third-order valence-corrected chi connectivity index (χ3v) is 3.37. The topological polar surface area (TPSA) is 27.0 Å². The molecule has 0 radical (unpaired) electrons. The third kappa shape index (κ3) is 6.40. The fourth-order valence-electron chi connectivity index (χ4n) is 2.15. The molecule has 2 nitrogen and oxygen atoms in total. The largest absolute Gasteiger partial charge is 0.299 e. The van der Waals surface area contributed by atoms with Gasteiger partial charge in [0.15, 0.2) is 0 Å². The van der Waals surface area contributed by atoms with E-state index in [1.165, 1.54) is 44.3 Å². The zero-order valence-electron chi connectivity index (χ0n) is 12.4. The molecule has 1 aromatic carbocycles. The zero-order valence-corrected chi connectivity index (χ0v) is 12.4. The first-order valence-corrected chi connectivity index (χ1v) is 7.47. The van der Waals surface area contributed by atoms with E-state index in [0.717, 1.165) is 12.1 Å². The van der Waals surface area contributed by atoms with Crippen molar-refractivity contribution in [1.29, 1.82) is 5.26 Å². The van der Waals surface area contributed by atoms with Crippen LogP contribution < -0.4 is 0 Å². The van der Waals surface area contributed by atoms with Gasteiger partial charge in [0.1, 0.15) is 0 Å². The van der Waals surface area contributed by atoms with E-state index in [-0.39, 0.29) is 0 Å². The highest BCUT2D eigenvalue weighted by Gasteiger charge is 2.05. The van der Waals surface area contributed by atoms with Crippen LogP contribution in [-0.2, 0) is 13.0 Å². The van der Waals surface area contributed by atoms with Crippen LogP contribution in [-0.4, -0.2) is 18.0 Å². The molecule has 0 atom stereocenters. The van der Waals surface area contributed by atoms with E-state index in [2.05, 4.69) is 49.1 Å². The highest BCUT2D eigenvalue weighted by Crippen LogP contribution is 2.10. The Balaban J connectivity index is 2.53. The summed E-state index contributed by atoms with van der Waals surface area (Å²) in [5.41, 5.74) is 2.47. The minimum atomic E-state index is 0.510. The van der Waals surface area contributed by atoms with Gasteiger partial charge < -0.3 is 0 Å². The van der Waals surface area contributed by atoms with Crippen molar-refractivity contribution in [2.24, 2.45) is 0 Å².